The first kappa shape index (κ1) is 20.6. The molecule has 1 aromatic carbocycles. The highest BCUT2D eigenvalue weighted by molar-refractivity contribution is 7.17. The van der Waals surface area contributed by atoms with E-state index in [1.54, 1.807) is 12.1 Å². The van der Waals surface area contributed by atoms with Crippen molar-refractivity contribution in [2.75, 3.05) is 5.32 Å². The normalized spacial score (nSPS) is 13.4. The molecular weight excluding hydrogens is 410 g/mol. The van der Waals surface area contributed by atoms with Crippen molar-refractivity contribution in [2.45, 2.75) is 32.6 Å². The summed E-state index contributed by atoms with van der Waals surface area (Å²) in [5, 5.41) is 12.6. The van der Waals surface area contributed by atoms with E-state index in [0.717, 1.165) is 47.3 Å². The van der Waals surface area contributed by atoms with E-state index >= 15 is 0 Å². The van der Waals surface area contributed by atoms with Gasteiger partial charge in [-0.3, -0.25) is 9.59 Å². The number of primary amides is 1. The van der Waals surface area contributed by atoms with E-state index in [0.29, 0.717) is 22.1 Å². The SMILES string of the molecule is Cc1ccc(-c2ccc(/C=C(\C#N)C(=O)Nc3sc4c(c3C(N)=O)CCCC4)o2)cc1. The van der Waals surface area contributed by atoms with Crippen LogP contribution in [0.4, 0.5) is 5.00 Å². The quantitative estimate of drug-likeness (QED) is 0.445. The maximum atomic E-state index is 12.8. The molecule has 2 amide bonds. The molecule has 31 heavy (non-hydrogen) atoms. The molecule has 3 N–H and O–H groups in total. The average molecular weight is 432 g/mol. The molecule has 0 radical (unpaired) electrons. The van der Waals surface area contributed by atoms with Crippen molar-refractivity contribution in [2.24, 2.45) is 5.73 Å². The van der Waals surface area contributed by atoms with E-state index in [1.807, 2.05) is 37.3 Å². The van der Waals surface area contributed by atoms with Crippen molar-refractivity contribution < 1.29 is 14.0 Å². The van der Waals surface area contributed by atoms with Crippen molar-refractivity contribution in [3.8, 4) is 17.4 Å². The second-order valence-corrected chi connectivity index (χ2v) is 8.58. The molecule has 156 valence electrons. The zero-order chi connectivity index (χ0) is 22.0. The van der Waals surface area contributed by atoms with E-state index < -0.39 is 11.8 Å². The van der Waals surface area contributed by atoms with Gasteiger partial charge in [0.15, 0.2) is 0 Å². The number of amides is 2. The van der Waals surface area contributed by atoms with E-state index in [4.69, 9.17) is 10.2 Å². The number of hydrogen-bond donors (Lipinski definition) is 2. The summed E-state index contributed by atoms with van der Waals surface area (Å²) >= 11 is 1.36. The Balaban J connectivity index is 1.58. The molecule has 0 unspecified atom stereocenters. The molecule has 0 saturated carbocycles. The third-order valence-corrected chi connectivity index (χ3v) is 6.47. The number of nitrogens with one attached hydrogen (secondary N) is 1. The van der Waals surface area contributed by atoms with Gasteiger partial charge in [-0.25, -0.2) is 0 Å². The fourth-order valence-corrected chi connectivity index (χ4v) is 4.97. The summed E-state index contributed by atoms with van der Waals surface area (Å²) in [4.78, 5) is 25.8. The number of carbonyl (C=O) groups excluding carboxylic acids is 2. The molecule has 1 aliphatic rings. The first-order chi connectivity index (χ1) is 15.0. The first-order valence-corrected chi connectivity index (χ1v) is 10.8. The molecule has 7 heteroatoms. The van der Waals surface area contributed by atoms with Gasteiger partial charge in [0.05, 0.1) is 5.56 Å². The van der Waals surface area contributed by atoms with Crippen LogP contribution in [0.1, 0.15) is 45.0 Å². The minimum absolute atomic E-state index is 0.119. The summed E-state index contributed by atoms with van der Waals surface area (Å²) in [5.41, 5.74) is 8.80. The lowest BCUT2D eigenvalue weighted by Crippen LogP contribution is -2.19. The number of nitrogens with two attached hydrogens (primary N) is 1. The molecular formula is C24H21N3O3S. The van der Waals surface area contributed by atoms with Crippen LogP contribution >= 0.6 is 11.3 Å². The van der Waals surface area contributed by atoms with Crippen molar-refractivity contribution in [3.05, 3.63) is 69.3 Å². The van der Waals surface area contributed by atoms with Crippen molar-refractivity contribution >= 4 is 34.2 Å². The van der Waals surface area contributed by atoms with Crippen LogP contribution in [-0.2, 0) is 17.6 Å². The Morgan fingerprint density at radius 3 is 2.61 bits per heavy atom. The number of aryl methyl sites for hydroxylation is 2. The lowest BCUT2D eigenvalue weighted by molar-refractivity contribution is -0.112. The summed E-state index contributed by atoms with van der Waals surface area (Å²) in [6, 6.07) is 13.3. The third-order valence-electron chi connectivity index (χ3n) is 5.26. The van der Waals surface area contributed by atoms with Crippen LogP contribution in [0, 0.1) is 18.3 Å². The van der Waals surface area contributed by atoms with Gasteiger partial charge in [0.25, 0.3) is 11.8 Å². The molecule has 2 heterocycles. The summed E-state index contributed by atoms with van der Waals surface area (Å²) in [5.74, 6) is -0.128. The molecule has 0 bridgehead atoms. The summed E-state index contributed by atoms with van der Waals surface area (Å²) < 4.78 is 5.79. The fourth-order valence-electron chi connectivity index (χ4n) is 3.68. The van der Waals surface area contributed by atoms with Crippen LogP contribution in [0.3, 0.4) is 0 Å². The zero-order valence-electron chi connectivity index (χ0n) is 17.0. The van der Waals surface area contributed by atoms with Gasteiger partial charge >= 0.3 is 0 Å². The predicted octanol–water partition coefficient (Wildman–Crippen LogP) is 4.84. The van der Waals surface area contributed by atoms with Gasteiger partial charge in [-0.05, 0) is 50.3 Å². The molecule has 1 aliphatic carbocycles. The van der Waals surface area contributed by atoms with Gasteiger partial charge in [-0.2, -0.15) is 5.26 Å². The Bertz CT molecular complexity index is 1230. The molecule has 0 aliphatic heterocycles. The fraction of sp³-hybridized carbons (Fsp3) is 0.208. The van der Waals surface area contributed by atoms with Crippen LogP contribution in [-0.4, -0.2) is 11.8 Å². The van der Waals surface area contributed by atoms with Crippen molar-refractivity contribution in [3.63, 3.8) is 0 Å². The lowest BCUT2D eigenvalue weighted by Gasteiger charge is -2.11. The predicted molar refractivity (Wildman–Crippen MR) is 121 cm³/mol. The number of carbonyl (C=O) groups is 2. The standard InChI is InChI=1S/C24H21N3O3S/c1-14-6-8-15(9-7-14)19-11-10-17(30-19)12-16(13-25)23(29)27-24-21(22(26)28)18-4-2-3-5-20(18)31-24/h6-12H,2-5H2,1H3,(H2,26,28)(H,27,29)/b16-12+. The lowest BCUT2D eigenvalue weighted by atomic mass is 9.95. The number of furan rings is 1. The number of anilines is 1. The topological polar surface area (TPSA) is 109 Å². The van der Waals surface area contributed by atoms with E-state index in [1.165, 1.54) is 17.4 Å². The van der Waals surface area contributed by atoms with Crippen molar-refractivity contribution in [1.29, 1.82) is 5.26 Å². The Morgan fingerprint density at radius 1 is 1.16 bits per heavy atom. The third kappa shape index (κ3) is 4.30. The monoisotopic (exact) mass is 431 g/mol. The maximum absolute atomic E-state index is 12.8. The Labute approximate surface area is 184 Å². The highest BCUT2D eigenvalue weighted by Gasteiger charge is 2.25. The van der Waals surface area contributed by atoms with Gasteiger partial charge < -0.3 is 15.5 Å². The second kappa shape index (κ2) is 8.62. The largest absolute Gasteiger partial charge is 0.457 e. The molecule has 2 aromatic heterocycles. The van der Waals surface area contributed by atoms with Crippen LogP contribution < -0.4 is 11.1 Å². The average Bonchev–Trinajstić information content (AvgIpc) is 3.36. The number of fused-ring (bicyclic) bond motifs is 1. The van der Waals surface area contributed by atoms with Crippen LogP contribution in [0.5, 0.6) is 0 Å². The maximum Gasteiger partial charge on any atom is 0.267 e. The van der Waals surface area contributed by atoms with E-state index in [9.17, 15) is 14.9 Å². The number of nitriles is 1. The molecule has 0 fully saturated rings. The summed E-state index contributed by atoms with van der Waals surface area (Å²) in [6.45, 7) is 2.01. The van der Waals surface area contributed by atoms with Crippen molar-refractivity contribution in [1.82, 2.24) is 0 Å². The minimum Gasteiger partial charge on any atom is -0.457 e. The Kier molecular flexibility index (Phi) is 5.74. The molecule has 0 atom stereocenters. The Morgan fingerprint density at radius 2 is 1.90 bits per heavy atom. The van der Waals surface area contributed by atoms with E-state index in [2.05, 4.69) is 5.32 Å². The van der Waals surface area contributed by atoms with Gasteiger partial charge in [0.2, 0.25) is 0 Å². The number of benzene rings is 1. The summed E-state index contributed by atoms with van der Waals surface area (Å²) in [7, 11) is 0. The highest BCUT2D eigenvalue weighted by atomic mass is 32.1. The smallest absolute Gasteiger partial charge is 0.267 e. The number of hydrogen-bond acceptors (Lipinski definition) is 5. The zero-order valence-corrected chi connectivity index (χ0v) is 17.8. The van der Waals surface area contributed by atoms with Gasteiger partial charge in [0, 0.05) is 16.5 Å². The van der Waals surface area contributed by atoms with Crippen LogP contribution in [0.25, 0.3) is 17.4 Å². The highest BCUT2D eigenvalue weighted by Crippen LogP contribution is 2.38. The van der Waals surface area contributed by atoms with Gasteiger partial charge in [-0.1, -0.05) is 29.8 Å². The van der Waals surface area contributed by atoms with E-state index in [-0.39, 0.29) is 5.57 Å². The first-order valence-electron chi connectivity index (χ1n) is 10.0. The molecule has 6 nitrogen and oxygen atoms in total. The molecule has 0 saturated heterocycles. The molecule has 4 rings (SSSR count). The number of nitrogens with zero attached hydrogens (tertiary/aromatic N) is 1. The molecule has 0 spiro atoms. The Hall–Kier alpha value is -3.63. The van der Waals surface area contributed by atoms with Gasteiger partial charge in [-0.15, -0.1) is 11.3 Å². The van der Waals surface area contributed by atoms with Gasteiger partial charge in [0.1, 0.15) is 28.2 Å². The molecule has 3 aromatic rings. The minimum atomic E-state index is -0.600. The van der Waals surface area contributed by atoms with Crippen LogP contribution in [0.15, 0.2) is 46.4 Å². The number of thiophene rings is 1. The number of rotatable bonds is 5. The summed E-state index contributed by atoms with van der Waals surface area (Å²) in [6.07, 6.45) is 5.07. The van der Waals surface area contributed by atoms with Crippen LogP contribution in [0.2, 0.25) is 0 Å². The second-order valence-electron chi connectivity index (χ2n) is 7.47.